The van der Waals surface area contributed by atoms with Gasteiger partial charge in [-0.15, -0.1) is 0 Å². The van der Waals surface area contributed by atoms with Gasteiger partial charge in [0.05, 0.1) is 0 Å². The Balaban J connectivity index is 3.04. The Morgan fingerprint density at radius 3 is 2.44 bits per heavy atom. The van der Waals surface area contributed by atoms with Crippen LogP contribution in [0, 0.1) is 0 Å². The molecule has 0 N–H and O–H groups in total. The summed E-state index contributed by atoms with van der Waals surface area (Å²) < 4.78 is 0. The summed E-state index contributed by atoms with van der Waals surface area (Å²) in [5, 5.41) is 0. The van der Waals surface area contributed by atoms with Crippen LogP contribution in [0.5, 0.6) is 0 Å². The topological polar surface area (TPSA) is 0 Å². The first-order chi connectivity index (χ1) is 4.41. The maximum absolute atomic E-state index is 2.24. The Morgan fingerprint density at radius 2 is 1.89 bits per heavy atom. The van der Waals surface area contributed by atoms with E-state index in [2.05, 4.69) is 31.2 Å². The van der Waals surface area contributed by atoms with Gasteiger partial charge in [-0.3, -0.25) is 0 Å². The number of hydrogen-bond donors (Lipinski definition) is 0. The fraction of sp³-hybridized carbons (Fsp3) is 0.556. The van der Waals surface area contributed by atoms with Crippen LogP contribution < -0.4 is 0 Å². The molecule has 0 aliphatic heterocycles. The third-order valence-corrected chi connectivity index (χ3v) is 1.13. The van der Waals surface area contributed by atoms with E-state index in [1.807, 2.05) is 6.92 Å². The summed E-state index contributed by atoms with van der Waals surface area (Å²) in [7, 11) is 0. The lowest BCUT2D eigenvalue weighted by atomic mass is 10.3. The Morgan fingerprint density at radius 1 is 1.11 bits per heavy atom. The number of unbranched alkanes of at least 4 members (excludes halogenated alkanes) is 1. The number of hydrogen-bond acceptors (Lipinski definition) is 0. The average molecular weight is 124 g/mol. The molecule has 0 unspecified atom stereocenters. The van der Waals surface area contributed by atoms with E-state index in [0.29, 0.717) is 0 Å². The number of allylic oxidation sites excluding steroid dienone is 4. The lowest BCUT2D eigenvalue weighted by Crippen LogP contribution is -1.61. The molecule has 0 saturated heterocycles. The van der Waals surface area contributed by atoms with Crippen molar-refractivity contribution in [3.8, 4) is 0 Å². The lowest BCUT2D eigenvalue weighted by Gasteiger charge is -1.81. The summed E-state index contributed by atoms with van der Waals surface area (Å²) in [6, 6.07) is 0. The van der Waals surface area contributed by atoms with Gasteiger partial charge in [0.1, 0.15) is 0 Å². The second kappa shape index (κ2) is 7.48. The molecule has 0 heterocycles. The van der Waals surface area contributed by atoms with Gasteiger partial charge in [0.2, 0.25) is 0 Å². The van der Waals surface area contributed by atoms with Crippen molar-refractivity contribution in [2.24, 2.45) is 0 Å². The number of rotatable bonds is 4. The van der Waals surface area contributed by atoms with Gasteiger partial charge in [0.25, 0.3) is 0 Å². The maximum atomic E-state index is 2.24. The Bertz CT molecular complexity index is 88.2. The minimum atomic E-state index is 1.09. The van der Waals surface area contributed by atoms with E-state index in [0.717, 1.165) is 6.42 Å². The van der Waals surface area contributed by atoms with Crippen molar-refractivity contribution in [1.29, 1.82) is 0 Å². The van der Waals surface area contributed by atoms with Gasteiger partial charge in [-0.2, -0.15) is 0 Å². The summed E-state index contributed by atoms with van der Waals surface area (Å²) in [4.78, 5) is 0. The molecule has 0 bridgehead atoms. The van der Waals surface area contributed by atoms with Crippen molar-refractivity contribution in [1.82, 2.24) is 0 Å². The van der Waals surface area contributed by atoms with E-state index in [1.165, 1.54) is 12.8 Å². The molecule has 52 valence electrons. The van der Waals surface area contributed by atoms with Gasteiger partial charge in [-0.05, 0) is 19.8 Å². The highest BCUT2D eigenvalue weighted by atomic mass is 13.8. The summed E-state index contributed by atoms with van der Waals surface area (Å²) >= 11 is 0. The van der Waals surface area contributed by atoms with Crippen LogP contribution in [-0.2, 0) is 0 Å². The van der Waals surface area contributed by atoms with Crippen LogP contribution in [-0.4, -0.2) is 0 Å². The first kappa shape index (κ1) is 8.48. The quantitative estimate of drug-likeness (QED) is 0.504. The maximum Gasteiger partial charge on any atom is -0.0169 e. The Labute approximate surface area is 58.3 Å². The molecule has 0 aliphatic carbocycles. The van der Waals surface area contributed by atoms with Gasteiger partial charge in [0.15, 0.2) is 0 Å². The molecule has 0 fully saturated rings. The Hall–Kier alpha value is -0.520. The molecular weight excluding hydrogens is 108 g/mol. The molecular formula is C9H16. The smallest absolute Gasteiger partial charge is 0.0169 e. The van der Waals surface area contributed by atoms with Crippen molar-refractivity contribution in [2.45, 2.75) is 33.1 Å². The van der Waals surface area contributed by atoms with E-state index in [1.54, 1.807) is 0 Å². The molecule has 9 heavy (non-hydrogen) atoms. The van der Waals surface area contributed by atoms with Crippen molar-refractivity contribution in [3.63, 3.8) is 0 Å². The summed E-state index contributed by atoms with van der Waals surface area (Å²) in [6.45, 7) is 4.24. The fourth-order valence-electron chi connectivity index (χ4n) is 0.595. The molecule has 0 heteroatoms. The van der Waals surface area contributed by atoms with Gasteiger partial charge in [0, 0.05) is 0 Å². The Kier molecular flexibility index (Phi) is 7.05. The normalized spacial score (nSPS) is 11.8. The van der Waals surface area contributed by atoms with Crippen molar-refractivity contribution >= 4 is 0 Å². The molecule has 0 nitrogen and oxygen atoms in total. The molecule has 0 saturated carbocycles. The standard InChI is InChI=1S/C9H16/c1-3-5-7-9-8-6-4-2/h3,5,8-9H,4,6-7H2,1-2H3/b5-3+,9-8-. The molecule has 0 spiro atoms. The van der Waals surface area contributed by atoms with Crippen molar-refractivity contribution < 1.29 is 0 Å². The van der Waals surface area contributed by atoms with Crippen molar-refractivity contribution in [2.75, 3.05) is 0 Å². The van der Waals surface area contributed by atoms with Crippen LogP contribution in [0.3, 0.4) is 0 Å². The van der Waals surface area contributed by atoms with Gasteiger partial charge in [-0.1, -0.05) is 37.6 Å². The monoisotopic (exact) mass is 124 g/mol. The van der Waals surface area contributed by atoms with Gasteiger partial charge in [-0.25, -0.2) is 0 Å². The molecule has 0 aromatic rings. The van der Waals surface area contributed by atoms with Gasteiger partial charge < -0.3 is 0 Å². The summed E-state index contributed by atoms with van der Waals surface area (Å²) in [6.07, 6.45) is 12.3. The molecule has 0 aliphatic rings. The van der Waals surface area contributed by atoms with E-state index < -0.39 is 0 Å². The zero-order valence-electron chi connectivity index (χ0n) is 6.43. The van der Waals surface area contributed by atoms with Crippen molar-refractivity contribution in [3.05, 3.63) is 24.3 Å². The average Bonchev–Trinajstić information content (AvgIpc) is 1.89. The largest absolute Gasteiger partial charge is 0.0914 e. The van der Waals surface area contributed by atoms with Crippen LogP contribution in [0.4, 0.5) is 0 Å². The third kappa shape index (κ3) is 7.48. The van der Waals surface area contributed by atoms with Crippen LogP contribution in [0.25, 0.3) is 0 Å². The van der Waals surface area contributed by atoms with E-state index in [-0.39, 0.29) is 0 Å². The van der Waals surface area contributed by atoms with E-state index in [4.69, 9.17) is 0 Å². The predicted octanol–water partition coefficient (Wildman–Crippen LogP) is 3.31. The van der Waals surface area contributed by atoms with Crippen LogP contribution in [0.15, 0.2) is 24.3 Å². The van der Waals surface area contributed by atoms with Crippen LogP contribution >= 0.6 is 0 Å². The predicted molar refractivity (Wildman–Crippen MR) is 43.5 cm³/mol. The highest BCUT2D eigenvalue weighted by Gasteiger charge is 1.70. The van der Waals surface area contributed by atoms with E-state index >= 15 is 0 Å². The fourth-order valence-corrected chi connectivity index (χ4v) is 0.595. The third-order valence-electron chi connectivity index (χ3n) is 1.13. The molecule has 0 rings (SSSR count). The van der Waals surface area contributed by atoms with Crippen LogP contribution in [0.1, 0.15) is 33.1 Å². The molecule has 0 radical (unpaired) electrons. The zero-order valence-corrected chi connectivity index (χ0v) is 6.43. The summed E-state index contributed by atoms with van der Waals surface area (Å²) in [5.74, 6) is 0. The second-order valence-corrected chi connectivity index (χ2v) is 2.06. The second-order valence-electron chi connectivity index (χ2n) is 2.06. The highest BCUT2D eigenvalue weighted by molar-refractivity contribution is 4.90. The molecule has 0 atom stereocenters. The molecule has 0 amide bonds. The zero-order chi connectivity index (χ0) is 6.95. The SMILES string of the molecule is C/C=C/C/C=C\CCC. The highest BCUT2D eigenvalue weighted by Crippen LogP contribution is 1.91. The van der Waals surface area contributed by atoms with E-state index in [9.17, 15) is 0 Å². The minimum Gasteiger partial charge on any atom is -0.0914 e. The first-order valence-electron chi connectivity index (χ1n) is 3.68. The first-order valence-corrected chi connectivity index (χ1v) is 3.68. The molecule has 0 aromatic heterocycles. The minimum absolute atomic E-state index is 1.09. The summed E-state index contributed by atoms with van der Waals surface area (Å²) in [5.41, 5.74) is 0. The molecule has 0 aromatic carbocycles. The van der Waals surface area contributed by atoms with Crippen LogP contribution in [0.2, 0.25) is 0 Å². The lowest BCUT2D eigenvalue weighted by molar-refractivity contribution is 0.954. The van der Waals surface area contributed by atoms with Gasteiger partial charge >= 0.3 is 0 Å².